The number of esters is 1. The van der Waals surface area contributed by atoms with Gasteiger partial charge in [-0.25, -0.2) is 4.79 Å². The third-order valence-electron chi connectivity index (χ3n) is 2.87. The Kier molecular flexibility index (Phi) is 6.71. The second-order valence-electron chi connectivity index (χ2n) is 6.08. The van der Waals surface area contributed by atoms with Crippen molar-refractivity contribution in [2.24, 2.45) is 0 Å². The summed E-state index contributed by atoms with van der Waals surface area (Å²) in [4.78, 5) is 22.8. The molecule has 0 saturated carbocycles. The summed E-state index contributed by atoms with van der Waals surface area (Å²) < 4.78 is 14.5. The lowest BCUT2D eigenvalue weighted by Crippen LogP contribution is -2.58. The summed E-state index contributed by atoms with van der Waals surface area (Å²) in [5.74, 6) is -0.832. The van der Waals surface area contributed by atoms with Crippen molar-refractivity contribution in [1.82, 2.24) is 5.32 Å². The van der Waals surface area contributed by atoms with E-state index in [1.54, 1.807) is 20.8 Å². The van der Waals surface area contributed by atoms with Crippen LogP contribution < -0.4 is 5.32 Å². The fourth-order valence-electron chi connectivity index (χ4n) is 1.75. The highest BCUT2D eigenvalue weighted by molar-refractivity contribution is 5.78. The summed E-state index contributed by atoms with van der Waals surface area (Å²) in [5.41, 5.74) is -0.707. The van der Waals surface area contributed by atoms with Crippen LogP contribution in [0.2, 0.25) is 0 Å². The van der Waals surface area contributed by atoms with E-state index in [9.17, 15) is 30.0 Å². The van der Waals surface area contributed by atoms with Gasteiger partial charge in [0, 0.05) is 0 Å². The molecular weight excluding hydrogens is 314 g/mol. The van der Waals surface area contributed by atoms with Gasteiger partial charge in [0.05, 0.1) is 0 Å². The quantitative estimate of drug-likeness (QED) is 0.361. The van der Waals surface area contributed by atoms with Gasteiger partial charge in [-0.1, -0.05) is 0 Å². The van der Waals surface area contributed by atoms with Gasteiger partial charge in [-0.3, -0.25) is 4.79 Å². The van der Waals surface area contributed by atoms with Crippen molar-refractivity contribution in [1.29, 1.82) is 0 Å². The van der Waals surface area contributed by atoms with Crippen molar-refractivity contribution < 1.29 is 44.2 Å². The van der Waals surface area contributed by atoms with E-state index >= 15 is 0 Å². The predicted octanol–water partition coefficient (Wildman–Crippen LogP) is -2.15. The first-order valence-electron chi connectivity index (χ1n) is 7.01. The molecule has 1 aliphatic rings. The first-order chi connectivity index (χ1) is 10.5. The molecule has 0 aliphatic carbocycles. The summed E-state index contributed by atoms with van der Waals surface area (Å²) >= 11 is 0. The standard InChI is InChI=1S/C13H23NO9/c1-13(2,3)23-12(20)14-4-7(15)21-5-6-8(16)9(17)10(18)11(19)22-6/h6,8-11,16-19H,4-5H2,1-3H3,(H,14,20)/t6?,8-,9+,10?,11+/m1/s1. The van der Waals surface area contributed by atoms with Crippen LogP contribution in [-0.2, 0) is 19.0 Å². The van der Waals surface area contributed by atoms with E-state index in [4.69, 9.17) is 14.2 Å². The Morgan fingerprint density at radius 2 is 1.70 bits per heavy atom. The van der Waals surface area contributed by atoms with Crippen LogP contribution in [-0.4, -0.2) is 81.9 Å². The van der Waals surface area contributed by atoms with Crippen LogP contribution in [0.1, 0.15) is 20.8 Å². The molecule has 1 rings (SSSR count). The molecule has 1 amide bonds. The molecule has 0 radical (unpaired) electrons. The van der Waals surface area contributed by atoms with Gasteiger partial charge in [0.25, 0.3) is 0 Å². The van der Waals surface area contributed by atoms with Crippen LogP contribution >= 0.6 is 0 Å². The normalized spacial score (nSPS) is 31.3. The largest absolute Gasteiger partial charge is 0.461 e. The molecule has 23 heavy (non-hydrogen) atoms. The molecule has 134 valence electrons. The fourth-order valence-corrected chi connectivity index (χ4v) is 1.75. The minimum atomic E-state index is -1.71. The van der Waals surface area contributed by atoms with Gasteiger partial charge in [0.15, 0.2) is 6.29 Å². The summed E-state index contributed by atoms with van der Waals surface area (Å²) in [6.07, 6.45) is -8.56. The number of hydrogen-bond acceptors (Lipinski definition) is 9. The second-order valence-corrected chi connectivity index (χ2v) is 6.08. The number of amides is 1. The van der Waals surface area contributed by atoms with Crippen LogP contribution in [0.5, 0.6) is 0 Å². The molecule has 1 saturated heterocycles. The minimum absolute atomic E-state index is 0.467. The predicted molar refractivity (Wildman–Crippen MR) is 74.1 cm³/mol. The lowest BCUT2D eigenvalue weighted by molar-refractivity contribution is -0.287. The van der Waals surface area contributed by atoms with Crippen LogP contribution in [0.25, 0.3) is 0 Å². The highest BCUT2D eigenvalue weighted by Gasteiger charge is 2.43. The Balaban J connectivity index is 2.34. The first kappa shape index (κ1) is 19.6. The van der Waals surface area contributed by atoms with Crippen LogP contribution in [0, 0.1) is 0 Å². The van der Waals surface area contributed by atoms with Gasteiger partial charge in [-0.05, 0) is 20.8 Å². The number of rotatable bonds is 4. The summed E-state index contributed by atoms with van der Waals surface area (Å²) in [6.45, 7) is 4.05. The Labute approximate surface area is 133 Å². The molecule has 0 spiro atoms. The molecule has 2 unspecified atom stereocenters. The van der Waals surface area contributed by atoms with Crippen molar-refractivity contribution in [3.05, 3.63) is 0 Å². The zero-order valence-electron chi connectivity index (χ0n) is 13.1. The number of ether oxygens (including phenoxy) is 3. The number of nitrogens with one attached hydrogen (secondary N) is 1. The van der Waals surface area contributed by atoms with Gasteiger partial charge in [0.2, 0.25) is 0 Å². The number of aliphatic hydroxyl groups excluding tert-OH is 4. The summed E-state index contributed by atoms with van der Waals surface area (Å²) in [7, 11) is 0. The van der Waals surface area contributed by atoms with E-state index < -0.39 is 61.5 Å². The maximum atomic E-state index is 11.5. The Morgan fingerprint density at radius 3 is 2.26 bits per heavy atom. The number of alkyl carbamates (subject to hydrolysis) is 1. The van der Waals surface area contributed by atoms with Crippen LogP contribution in [0.4, 0.5) is 4.79 Å². The van der Waals surface area contributed by atoms with Gasteiger partial charge in [-0.15, -0.1) is 0 Å². The highest BCUT2D eigenvalue weighted by Crippen LogP contribution is 2.20. The number of carbonyl (C=O) groups excluding carboxylic acids is 2. The number of aliphatic hydroxyl groups is 4. The minimum Gasteiger partial charge on any atom is -0.461 e. The molecule has 0 aromatic heterocycles. The Morgan fingerprint density at radius 1 is 1.09 bits per heavy atom. The smallest absolute Gasteiger partial charge is 0.408 e. The number of carbonyl (C=O) groups is 2. The van der Waals surface area contributed by atoms with E-state index in [2.05, 4.69) is 5.32 Å². The van der Waals surface area contributed by atoms with Crippen molar-refractivity contribution in [3.8, 4) is 0 Å². The molecule has 0 aromatic carbocycles. The summed E-state index contributed by atoms with van der Waals surface area (Å²) in [5, 5.41) is 39.9. The lowest BCUT2D eigenvalue weighted by Gasteiger charge is -2.37. The monoisotopic (exact) mass is 337 g/mol. The Bertz CT molecular complexity index is 422. The Hall–Kier alpha value is -1.46. The van der Waals surface area contributed by atoms with Gasteiger partial charge < -0.3 is 40.0 Å². The van der Waals surface area contributed by atoms with Crippen molar-refractivity contribution >= 4 is 12.1 Å². The van der Waals surface area contributed by atoms with E-state index in [0.717, 1.165) is 0 Å². The topological polar surface area (TPSA) is 155 Å². The van der Waals surface area contributed by atoms with Crippen LogP contribution in [0.15, 0.2) is 0 Å². The van der Waals surface area contributed by atoms with E-state index in [0.29, 0.717) is 0 Å². The molecule has 0 aromatic rings. The number of hydrogen-bond donors (Lipinski definition) is 5. The molecule has 5 N–H and O–H groups in total. The molecule has 5 atom stereocenters. The molecule has 10 heteroatoms. The van der Waals surface area contributed by atoms with Crippen molar-refractivity contribution in [2.45, 2.75) is 57.1 Å². The van der Waals surface area contributed by atoms with Crippen LogP contribution in [0.3, 0.4) is 0 Å². The maximum Gasteiger partial charge on any atom is 0.408 e. The maximum absolute atomic E-state index is 11.5. The highest BCUT2D eigenvalue weighted by atomic mass is 16.7. The molecule has 1 aliphatic heterocycles. The lowest BCUT2D eigenvalue weighted by atomic mass is 9.99. The second kappa shape index (κ2) is 7.88. The van der Waals surface area contributed by atoms with Gasteiger partial charge >= 0.3 is 12.1 Å². The zero-order valence-corrected chi connectivity index (χ0v) is 13.1. The molecule has 0 bridgehead atoms. The van der Waals surface area contributed by atoms with E-state index in [-0.39, 0.29) is 0 Å². The SMILES string of the molecule is CC(C)(C)OC(=O)NCC(=O)OCC1O[C@H](O)C(O)[C@@H](O)[C@@H]1O. The zero-order chi connectivity index (χ0) is 17.8. The first-order valence-corrected chi connectivity index (χ1v) is 7.01. The molecule has 1 fully saturated rings. The van der Waals surface area contributed by atoms with Crippen molar-refractivity contribution in [3.63, 3.8) is 0 Å². The molecule has 10 nitrogen and oxygen atoms in total. The molecule has 1 heterocycles. The van der Waals surface area contributed by atoms with E-state index in [1.807, 2.05) is 0 Å². The van der Waals surface area contributed by atoms with E-state index in [1.165, 1.54) is 0 Å². The molecular formula is C13H23NO9. The van der Waals surface area contributed by atoms with Crippen molar-refractivity contribution in [2.75, 3.05) is 13.2 Å². The average Bonchev–Trinajstić information content (AvgIpc) is 2.43. The average molecular weight is 337 g/mol. The fraction of sp³-hybridized carbons (Fsp3) is 0.846. The van der Waals surface area contributed by atoms with Gasteiger partial charge in [-0.2, -0.15) is 0 Å². The summed E-state index contributed by atoms with van der Waals surface area (Å²) in [6, 6.07) is 0. The third-order valence-corrected chi connectivity index (χ3v) is 2.87. The van der Waals surface area contributed by atoms with Gasteiger partial charge in [0.1, 0.15) is 43.2 Å². The third kappa shape index (κ3) is 6.28.